The lowest BCUT2D eigenvalue weighted by atomic mass is 9.66. The van der Waals surface area contributed by atoms with Crippen molar-refractivity contribution in [2.24, 2.45) is 16.3 Å². The van der Waals surface area contributed by atoms with E-state index in [1.54, 1.807) is 13.0 Å². The molecule has 21 heavy (non-hydrogen) atoms. The molecule has 116 valence electrons. The van der Waals surface area contributed by atoms with Crippen LogP contribution in [0.3, 0.4) is 0 Å². The van der Waals surface area contributed by atoms with Crippen molar-refractivity contribution < 1.29 is 13.2 Å². The summed E-state index contributed by atoms with van der Waals surface area (Å²) in [4.78, 5) is 12.1. The molecule has 1 aliphatic carbocycles. The van der Waals surface area contributed by atoms with Crippen LogP contribution in [0, 0.1) is 12.3 Å². The fourth-order valence-corrected chi connectivity index (χ4v) is 3.12. The number of rotatable bonds is 5. The molecule has 1 aromatic rings. The highest BCUT2D eigenvalue weighted by molar-refractivity contribution is 7.89. The summed E-state index contributed by atoms with van der Waals surface area (Å²) in [6.45, 7) is 2.29. The summed E-state index contributed by atoms with van der Waals surface area (Å²) in [7, 11) is -3.78. The molecule has 0 unspecified atom stereocenters. The smallest absolute Gasteiger partial charge is 0.238 e. The molecule has 0 heterocycles. The van der Waals surface area contributed by atoms with Gasteiger partial charge >= 0.3 is 0 Å². The molecule has 0 bridgehead atoms. The van der Waals surface area contributed by atoms with E-state index in [-0.39, 0.29) is 16.2 Å². The molecule has 0 aromatic heterocycles. The lowest BCUT2D eigenvalue weighted by molar-refractivity contribution is -0.119. The van der Waals surface area contributed by atoms with Gasteiger partial charge in [0.05, 0.1) is 4.90 Å². The van der Waals surface area contributed by atoms with Crippen LogP contribution in [0.2, 0.25) is 0 Å². The van der Waals surface area contributed by atoms with Gasteiger partial charge in [-0.3, -0.25) is 4.79 Å². The number of benzene rings is 1. The van der Waals surface area contributed by atoms with Crippen LogP contribution >= 0.6 is 0 Å². The lowest BCUT2D eigenvalue weighted by Gasteiger charge is -2.40. The van der Waals surface area contributed by atoms with E-state index in [0.29, 0.717) is 18.7 Å². The molecule has 0 aliphatic heterocycles. The van der Waals surface area contributed by atoms with E-state index in [9.17, 15) is 13.2 Å². The van der Waals surface area contributed by atoms with Crippen molar-refractivity contribution in [3.8, 4) is 0 Å². The Labute approximate surface area is 124 Å². The standard InChI is InChI=1S/C14H21N3O3S/c1-10-3-4-11(21(16,19)20)7-12(10)17-13(18)8-14(9-15)5-2-6-14/h3-4,7H,2,5-6,8-9,15H2,1H3,(H,17,18)(H2,16,19,20). The highest BCUT2D eigenvalue weighted by Crippen LogP contribution is 2.43. The van der Waals surface area contributed by atoms with Crippen LogP contribution in [0.1, 0.15) is 31.2 Å². The van der Waals surface area contributed by atoms with Gasteiger partial charge in [-0.2, -0.15) is 0 Å². The minimum absolute atomic E-state index is 0.0133. The van der Waals surface area contributed by atoms with Crippen molar-refractivity contribution in [2.45, 2.75) is 37.5 Å². The van der Waals surface area contributed by atoms with Gasteiger partial charge in [-0.25, -0.2) is 13.6 Å². The lowest BCUT2D eigenvalue weighted by Crippen LogP contribution is -2.40. The van der Waals surface area contributed by atoms with Gasteiger partial charge in [0.1, 0.15) is 0 Å². The van der Waals surface area contributed by atoms with Crippen LogP contribution in [0.15, 0.2) is 23.1 Å². The summed E-state index contributed by atoms with van der Waals surface area (Å²) in [6.07, 6.45) is 3.40. The average Bonchev–Trinajstić information content (AvgIpc) is 2.35. The Morgan fingerprint density at radius 1 is 1.38 bits per heavy atom. The number of carbonyl (C=O) groups is 1. The summed E-state index contributed by atoms with van der Waals surface area (Å²) in [5, 5.41) is 7.87. The van der Waals surface area contributed by atoms with Crippen molar-refractivity contribution in [1.82, 2.24) is 0 Å². The molecule has 6 nitrogen and oxygen atoms in total. The molecule has 1 amide bonds. The number of carbonyl (C=O) groups excluding carboxylic acids is 1. The van der Waals surface area contributed by atoms with Crippen LogP contribution in [-0.2, 0) is 14.8 Å². The first kappa shape index (κ1) is 15.9. The molecular formula is C14H21N3O3S. The van der Waals surface area contributed by atoms with Crippen LogP contribution in [0.5, 0.6) is 0 Å². The van der Waals surface area contributed by atoms with E-state index >= 15 is 0 Å². The summed E-state index contributed by atoms with van der Waals surface area (Å²) in [6, 6.07) is 4.43. The Morgan fingerprint density at radius 3 is 2.52 bits per heavy atom. The number of primary sulfonamides is 1. The van der Waals surface area contributed by atoms with Crippen molar-refractivity contribution in [2.75, 3.05) is 11.9 Å². The molecule has 1 aliphatic rings. The molecule has 0 saturated heterocycles. The molecule has 1 fully saturated rings. The molecule has 7 heteroatoms. The van der Waals surface area contributed by atoms with Gasteiger partial charge in [0.25, 0.3) is 0 Å². The fourth-order valence-electron chi connectivity index (χ4n) is 2.58. The first-order valence-corrected chi connectivity index (χ1v) is 8.44. The number of hydrogen-bond acceptors (Lipinski definition) is 4. The minimum Gasteiger partial charge on any atom is -0.330 e. The molecule has 1 aromatic carbocycles. The van der Waals surface area contributed by atoms with Crippen molar-refractivity contribution in [3.63, 3.8) is 0 Å². The van der Waals surface area contributed by atoms with E-state index in [2.05, 4.69) is 5.32 Å². The van der Waals surface area contributed by atoms with Gasteiger partial charge in [0, 0.05) is 12.1 Å². The summed E-state index contributed by atoms with van der Waals surface area (Å²) < 4.78 is 22.7. The quantitative estimate of drug-likeness (QED) is 0.755. The van der Waals surface area contributed by atoms with E-state index in [0.717, 1.165) is 24.8 Å². The van der Waals surface area contributed by atoms with Crippen LogP contribution in [-0.4, -0.2) is 20.9 Å². The molecule has 2 rings (SSSR count). The maximum Gasteiger partial charge on any atom is 0.238 e. The summed E-state index contributed by atoms with van der Waals surface area (Å²) in [5.41, 5.74) is 6.91. The molecule has 5 N–H and O–H groups in total. The number of hydrogen-bond donors (Lipinski definition) is 3. The Bertz CT molecular complexity index is 646. The number of anilines is 1. The van der Waals surface area contributed by atoms with Gasteiger partial charge in [0.2, 0.25) is 15.9 Å². The number of aryl methyl sites for hydroxylation is 1. The Morgan fingerprint density at radius 2 is 2.05 bits per heavy atom. The third kappa shape index (κ3) is 3.61. The molecular weight excluding hydrogens is 290 g/mol. The maximum atomic E-state index is 12.1. The first-order chi connectivity index (χ1) is 9.76. The van der Waals surface area contributed by atoms with Crippen molar-refractivity contribution in [3.05, 3.63) is 23.8 Å². The molecule has 0 radical (unpaired) electrons. The maximum absolute atomic E-state index is 12.1. The second-order valence-corrected chi connectivity index (χ2v) is 7.37. The third-order valence-corrected chi connectivity index (χ3v) is 5.11. The number of amides is 1. The van der Waals surface area contributed by atoms with Crippen molar-refractivity contribution >= 4 is 21.6 Å². The first-order valence-electron chi connectivity index (χ1n) is 6.89. The van der Waals surface area contributed by atoms with E-state index in [4.69, 9.17) is 10.9 Å². The zero-order valence-corrected chi connectivity index (χ0v) is 12.9. The summed E-state index contributed by atoms with van der Waals surface area (Å²) in [5.74, 6) is -0.144. The SMILES string of the molecule is Cc1ccc(S(N)(=O)=O)cc1NC(=O)CC1(CN)CCC1. The van der Waals surface area contributed by atoms with E-state index < -0.39 is 10.0 Å². The summed E-state index contributed by atoms with van der Waals surface area (Å²) >= 11 is 0. The monoisotopic (exact) mass is 311 g/mol. The second kappa shape index (κ2) is 5.75. The predicted molar refractivity (Wildman–Crippen MR) is 81.1 cm³/mol. The van der Waals surface area contributed by atoms with Crippen LogP contribution in [0.25, 0.3) is 0 Å². The van der Waals surface area contributed by atoms with Gasteiger partial charge in [-0.1, -0.05) is 12.5 Å². The normalized spacial score (nSPS) is 17.1. The largest absolute Gasteiger partial charge is 0.330 e. The number of nitrogens with two attached hydrogens (primary N) is 2. The van der Waals surface area contributed by atoms with Crippen molar-refractivity contribution in [1.29, 1.82) is 0 Å². The second-order valence-electron chi connectivity index (χ2n) is 5.80. The number of nitrogens with one attached hydrogen (secondary N) is 1. The minimum atomic E-state index is -3.78. The molecule has 0 atom stereocenters. The Hall–Kier alpha value is -1.44. The van der Waals surface area contributed by atoms with Gasteiger partial charge < -0.3 is 11.1 Å². The zero-order valence-electron chi connectivity index (χ0n) is 12.1. The number of sulfonamides is 1. The molecule has 0 spiro atoms. The molecule has 1 saturated carbocycles. The zero-order chi connectivity index (χ0) is 15.7. The van der Waals surface area contributed by atoms with Crippen LogP contribution < -0.4 is 16.2 Å². The highest BCUT2D eigenvalue weighted by atomic mass is 32.2. The average molecular weight is 311 g/mol. The Kier molecular flexibility index (Phi) is 4.36. The van der Waals surface area contributed by atoms with Gasteiger partial charge in [0.15, 0.2) is 0 Å². The highest BCUT2D eigenvalue weighted by Gasteiger charge is 2.37. The van der Waals surface area contributed by atoms with Gasteiger partial charge in [-0.15, -0.1) is 0 Å². The Balaban J connectivity index is 2.13. The van der Waals surface area contributed by atoms with Crippen LogP contribution in [0.4, 0.5) is 5.69 Å². The van der Waals surface area contributed by atoms with E-state index in [1.807, 2.05) is 0 Å². The van der Waals surface area contributed by atoms with Gasteiger partial charge in [-0.05, 0) is 49.4 Å². The predicted octanol–water partition coefficient (Wildman–Crippen LogP) is 1.10. The topological polar surface area (TPSA) is 115 Å². The van der Waals surface area contributed by atoms with E-state index in [1.165, 1.54) is 12.1 Å². The third-order valence-electron chi connectivity index (χ3n) is 4.19. The fraction of sp³-hybridized carbons (Fsp3) is 0.500.